The van der Waals surface area contributed by atoms with Gasteiger partial charge < -0.3 is 4.57 Å². The molecule has 1 saturated heterocycles. The van der Waals surface area contributed by atoms with Gasteiger partial charge in [0.2, 0.25) is 0 Å². The molecular formula is C20H13ClFN3O2S. The average molecular weight is 414 g/mol. The maximum atomic E-state index is 14.2. The summed E-state index contributed by atoms with van der Waals surface area (Å²) in [6.45, 7) is 0.206. The molecular weight excluding hydrogens is 401 g/mol. The number of hydrogen-bond donors (Lipinski definition) is 2. The predicted molar refractivity (Wildman–Crippen MR) is 109 cm³/mol. The number of halogens is 2. The monoisotopic (exact) mass is 413 g/mol. The van der Waals surface area contributed by atoms with Crippen molar-refractivity contribution in [1.29, 1.82) is 0 Å². The molecule has 4 rings (SSSR count). The Morgan fingerprint density at radius 2 is 1.79 bits per heavy atom. The van der Waals surface area contributed by atoms with E-state index in [1.165, 1.54) is 12.1 Å². The molecule has 0 atom stereocenters. The predicted octanol–water partition coefficient (Wildman–Crippen LogP) is 3.40. The number of benzene rings is 2. The average Bonchev–Trinajstić information content (AvgIpc) is 2.99. The first-order chi connectivity index (χ1) is 13.4. The molecule has 0 aliphatic carbocycles. The normalized spacial score (nSPS) is 14.2. The highest BCUT2D eigenvalue weighted by atomic mass is 35.5. The lowest BCUT2D eigenvalue weighted by Gasteiger charge is -2.16. The standard InChI is InChI=1S/C20H13ClFN3O2S/c21-15-5-3-6-16(22)14(15)10-25-9-11(12-4-1-2-7-17(12)25)8-13-18(26)23-20(28)24-19(13)27/h1-9H,10H2,(H2,23,24,26,27,28). The Balaban J connectivity index is 1.81. The number of carbonyl (C=O) groups excluding carboxylic acids is 2. The lowest BCUT2D eigenvalue weighted by molar-refractivity contribution is -0.123. The van der Waals surface area contributed by atoms with Crippen LogP contribution in [0.1, 0.15) is 11.1 Å². The van der Waals surface area contributed by atoms with E-state index in [-0.39, 0.29) is 17.2 Å². The SMILES string of the molecule is O=C1NC(=S)NC(=O)C1=Cc1cn(Cc2c(F)cccc2Cl)c2ccccc12. The molecule has 1 fully saturated rings. The smallest absolute Gasteiger partial charge is 0.263 e. The summed E-state index contributed by atoms with van der Waals surface area (Å²) >= 11 is 11.0. The zero-order valence-corrected chi connectivity index (χ0v) is 15.9. The van der Waals surface area contributed by atoms with Crippen molar-refractivity contribution < 1.29 is 14.0 Å². The van der Waals surface area contributed by atoms with Crippen LogP contribution in [0.15, 0.2) is 54.2 Å². The topological polar surface area (TPSA) is 63.1 Å². The Hall–Kier alpha value is -3.03. The second-order valence-corrected chi connectivity index (χ2v) is 7.04. The summed E-state index contributed by atoms with van der Waals surface area (Å²) in [6.07, 6.45) is 3.25. The molecule has 0 spiro atoms. The van der Waals surface area contributed by atoms with Crippen molar-refractivity contribution in [3.05, 3.63) is 76.2 Å². The van der Waals surface area contributed by atoms with Crippen molar-refractivity contribution in [1.82, 2.24) is 15.2 Å². The molecule has 0 bridgehead atoms. The number of amides is 2. The Bertz CT molecular complexity index is 1140. The number of para-hydroxylation sites is 1. The van der Waals surface area contributed by atoms with Gasteiger partial charge in [0.25, 0.3) is 11.8 Å². The third-order valence-electron chi connectivity index (χ3n) is 4.45. The highest BCUT2D eigenvalue weighted by molar-refractivity contribution is 7.80. The number of carbonyl (C=O) groups is 2. The highest BCUT2D eigenvalue weighted by Crippen LogP contribution is 2.27. The Morgan fingerprint density at radius 3 is 2.50 bits per heavy atom. The van der Waals surface area contributed by atoms with Gasteiger partial charge in [-0.3, -0.25) is 20.2 Å². The molecule has 8 heteroatoms. The molecule has 2 heterocycles. The molecule has 0 saturated carbocycles. The maximum absolute atomic E-state index is 14.2. The van der Waals surface area contributed by atoms with E-state index in [2.05, 4.69) is 10.6 Å². The molecule has 0 unspecified atom stereocenters. The van der Waals surface area contributed by atoms with Gasteiger partial charge in [0.05, 0.1) is 6.54 Å². The van der Waals surface area contributed by atoms with E-state index in [4.69, 9.17) is 23.8 Å². The first-order valence-electron chi connectivity index (χ1n) is 8.33. The number of thiocarbonyl (C=S) groups is 1. The molecule has 1 aliphatic heterocycles. The van der Waals surface area contributed by atoms with Crippen molar-refractivity contribution in [3.8, 4) is 0 Å². The molecule has 5 nitrogen and oxygen atoms in total. The molecule has 1 aliphatic rings. The summed E-state index contributed by atoms with van der Waals surface area (Å²) in [5.74, 6) is -1.53. The fraction of sp³-hybridized carbons (Fsp3) is 0.0500. The summed E-state index contributed by atoms with van der Waals surface area (Å²) in [7, 11) is 0. The molecule has 3 aromatic rings. The molecule has 2 amide bonds. The van der Waals surface area contributed by atoms with Gasteiger partial charge in [-0.1, -0.05) is 35.9 Å². The number of aromatic nitrogens is 1. The van der Waals surface area contributed by atoms with E-state index in [1.807, 2.05) is 28.8 Å². The molecule has 1 aromatic heterocycles. The van der Waals surface area contributed by atoms with Gasteiger partial charge in [0.15, 0.2) is 5.11 Å². The van der Waals surface area contributed by atoms with Crippen LogP contribution in [-0.2, 0) is 16.1 Å². The van der Waals surface area contributed by atoms with Crippen LogP contribution in [0.3, 0.4) is 0 Å². The van der Waals surface area contributed by atoms with Crippen LogP contribution in [0.25, 0.3) is 17.0 Å². The Morgan fingerprint density at radius 1 is 1.07 bits per heavy atom. The quantitative estimate of drug-likeness (QED) is 0.393. The largest absolute Gasteiger partial charge is 0.342 e. The molecule has 28 heavy (non-hydrogen) atoms. The van der Waals surface area contributed by atoms with Crippen molar-refractivity contribution in [2.75, 3.05) is 0 Å². The number of rotatable bonds is 3. The summed E-state index contributed by atoms with van der Waals surface area (Å²) < 4.78 is 16.1. The van der Waals surface area contributed by atoms with Crippen LogP contribution in [0.2, 0.25) is 5.02 Å². The van der Waals surface area contributed by atoms with Gasteiger partial charge in [0.1, 0.15) is 11.4 Å². The summed E-state index contributed by atoms with van der Waals surface area (Å²) in [6, 6.07) is 12.0. The van der Waals surface area contributed by atoms with E-state index in [1.54, 1.807) is 18.3 Å². The van der Waals surface area contributed by atoms with Crippen LogP contribution in [0, 0.1) is 5.82 Å². The third-order valence-corrected chi connectivity index (χ3v) is 5.01. The lowest BCUT2D eigenvalue weighted by atomic mass is 10.1. The fourth-order valence-corrected chi connectivity index (χ4v) is 3.54. The minimum atomic E-state index is -0.567. The van der Waals surface area contributed by atoms with Crippen LogP contribution in [0.5, 0.6) is 0 Å². The molecule has 2 aromatic carbocycles. The van der Waals surface area contributed by atoms with Crippen molar-refractivity contribution in [2.24, 2.45) is 0 Å². The van der Waals surface area contributed by atoms with Gasteiger partial charge in [-0.25, -0.2) is 4.39 Å². The van der Waals surface area contributed by atoms with Gasteiger partial charge in [-0.05, 0) is 36.5 Å². The maximum Gasteiger partial charge on any atom is 0.263 e. The van der Waals surface area contributed by atoms with Crippen molar-refractivity contribution in [2.45, 2.75) is 6.54 Å². The first kappa shape index (κ1) is 18.3. The van der Waals surface area contributed by atoms with Gasteiger partial charge in [-0.2, -0.15) is 0 Å². The van der Waals surface area contributed by atoms with E-state index in [0.717, 1.165) is 10.9 Å². The van der Waals surface area contributed by atoms with Crippen molar-refractivity contribution in [3.63, 3.8) is 0 Å². The number of hydrogen-bond acceptors (Lipinski definition) is 3. The van der Waals surface area contributed by atoms with Crippen LogP contribution < -0.4 is 10.6 Å². The van der Waals surface area contributed by atoms with E-state index in [9.17, 15) is 14.0 Å². The number of fused-ring (bicyclic) bond motifs is 1. The summed E-state index contributed by atoms with van der Waals surface area (Å²) in [4.78, 5) is 24.3. The Kier molecular flexibility index (Phi) is 4.70. The zero-order chi connectivity index (χ0) is 19.8. The second kappa shape index (κ2) is 7.18. The van der Waals surface area contributed by atoms with Gasteiger partial charge >= 0.3 is 0 Å². The number of nitrogens with one attached hydrogen (secondary N) is 2. The number of nitrogens with zero attached hydrogens (tertiary/aromatic N) is 1. The third kappa shape index (κ3) is 3.30. The van der Waals surface area contributed by atoms with E-state index < -0.39 is 17.6 Å². The molecule has 140 valence electrons. The van der Waals surface area contributed by atoms with E-state index >= 15 is 0 Å². The summed E-state index contributed by atoms with van der Waals surface area (Å²) in [5, 5.41) is 5.94. The summed E-state index contributed by atoms with van der Waals surface area (Å²) in [5.41, 5.74) is 1.78. The van der Waals surface area contributed by atoms with Gasteiger partial charge in [-0.15, -0.1) is 0 Å². The Labute approximate surface area is 169 Å². The van der Waals surface area contributed by atoms with Crippen LogP contribution in [0.4, 0.5) is 4.39 Å². The van der Waals surface area contributed by atoms with Gasteiger partial charge in [0, 0.05) is 33.2 Å². The van der Waals surface area contributed by atoms with Crippen LogP contribution in [-0.4, -0.2) is 21.5 Å². The van der Waals surface area contributed by atoms with Crippen LogP contribution >= 0.6 is 23.8 Å². The van der Waals surface area contributed by atoms with Crippen molar-refractivity contribution >= 4 is 57.7 Å². The zero-order valence-electron chi connectivity index (χ0n) is 14.3. The first-order valence-corrected chi connectivity index (χ1v) is 9.12. The lowest BCUT2D eigenvalue weighted by Crippen LogP contribution is -2.51. The minimum absolute atomic E-state index is 0.0243. The molecule has 2 N–H and O–H groups in total. The minimum Gasteiger partial charge on any atom is -0.342 e. The fourth-order valence-electron chi connectivity index (χ4n) is 3.14. The highest BCUT2D eigenvalue weighted by Gasteiger charge is 2.26. The molecule has 0 radical (unpaired) electrons. The second-order valence-electron chi connectivity index (χ2n) is 6.23. The van der Waals surface area contributed by atoms with E-state index in [0.29, 0.717) is 16.1 Å².